The third-order valence-electron chi connectivity index (χ3n) is 2.82. The molecule has 0 aromatic heterocycles. The summed E-state index contributed by atoms with van der Waals surface area (Å²) in [6.45, 7) is 6.50. The van der Waals surface area contributed by atoms with Gasteiger partial charge in [-0.15, -0.1) is 0 Å². The van der Waals surface area contributed by atoms with E-state index in [1.165, 1.54) is 0 Å². The number of carbonyl (C=O) groups is 1. The van der Waals surface area contributed by atoms with Gasteiger partial charge in [0.15, 0.2) is 0 Å². The minimum absolute atomic E-state index is 0.0985. The zero-order valence-electron chi connectivity index (χ0n) is 9.69. The molecule has 1 rings (SSSR count). The van der Waals surface area contributed by atoms with Gasteiger partial charge in [-0.05, 0) is 25.7 Å². The van der Waals surface area contributed by atoms with Crippen molar-refractivity contribution < 1.29 is 14.6 Å². The molecule has 0 amide bonds. The van der Waals surface area contributed by atoms with Crippen molar-refractivity contribution in [2.24, 2.45) is 5.92 Å². The Hall–Kier alpha value is -0.610. The standard InChI is InChI=1S/C11H21NO3/c1-7(2)10(11(13)14)12-6-9-5-4-8(3)15-9/h7-10,12H,4-6H2,1-3H3,(H,13,14). The van der Waals surface area contributed by atoms with Crippen LogP contribution in [0.25, 0.3) is 0 Å². The zero-order valence-corrected chi connectivity index (χ0v) is 9.69. The van der Waals surface area contributed by atoms with E-state index in [0.717, 1.165) is 12.8 Å². The van der Waals surface area contributed by atoms with Gasteiger partial charge in [0.1, 0.15) is 6.04 Å². The molecule has 1 aliphatic heterocycles. The number of hydrogen-bond acceptors (Lipinski definition) is 3. The predicted octanol–water partition coefficient (Wildman–Crippen LogP) is 1.25. The number of ether oxygens (including phenoxy) is 1. The Bertz CT molecular complexity index is 218. The molecule has 2 N–H and O–H groups in total. The number of nitrogens with one attached hydrogen (secondary N) is 1. The second kappa shape index (κ2) is 5.47. The minimum atomic E-state index is -0.781. The van der Waals surface area contributed by atoms with Crippen LogP contribution in [-0.4, -0.2) is 35.9 Å². The van der Waals surface area contributed by atoms with Crippen LogP contribution < -0.4 is 5.32 Å². The number of aliphatic carboxylic acids is 1. The van der Waals surface area contributed by atoms with E-state index in [0.29, 0.717) is 12.6 Å². The van der Waals surface area contributed by atoms with E-state index in [-0.39, 0.29) is 12.0 Å². The molecule has 3 atom stereocenters. The maximum Gasteiger partial charge on any atom is 0.320 e. The minimum Gasteiger partial charge on any atom is -0.480 e. The highest BCUT2D eigenvalue weighted by molar-refractivity contribution is 5.73. The van der Waals surface area contributed by atoms with Gasteiger partial charge in [0.25, 0.3) is 0 Å². The summed E-state index contributed by atoms with van der Waals surface area (Å²) in [5.74, 6) is -0.683. The summed E-state index contributed by atoms with van der Waals surface area (Å²) in [4.78, 5) is 10.9. The first-order valence-corrected chi connectivity index (χ1v) is 5.62. The molecule has 0 saturated carbocycles. The van der Waals surface area contributed by atoms with E-state index in [1.54, 1.807) is 0 Å². The Morgan fingerprint density at radius 1 is 1.53 bits per heavy atom. The Morgan fingerprint density at radius 2 is 2.20 bits per heavy atom. The smallest absolute Gasteiger partial charge is 0.320 e. The normalized spacial score (nSPS) is 28.3. The summed E-state index contributed by atoms with van der Waals surface area (Å²) in [6, 6.07) is -0.468. The van der Waals surface area contributed by atoms with E-state index in [9.17, 15) is 4.79 Å². The number of rotatable bonds is 5. The summed E-state index contributed by atoms with van der Waals surface area (Å²) in [5, 5.41) is 12.0. The first-order chi connectivity index (χ1) is 7.00. The van der Waals surface area contributed by atoms with Crippen molar-refractivity contribution in [1.29, 1.82) is 0 Å². The molecular weight excluding hydrogens is 194 g/mol. The van der Waals surface area contributed by atoms with Crippen LogP contribution in [0.4, 0.5) is 0 Å². The molecule has 0 aliphatic carbocycles. The molecule has 0 bridgehead atoms. The SMILES string of the molecule is CC1CCC(CNC(C(=O)O)C(C)C)O1. The zero-order chi connectivity index (χ0) is 11.4. The molecule has 1 heterocycles. The van der Waals surface area contributed by atoms with E-state index in [1.807, 2.05) is 13.8 Å². The van der Waals surface area contributed by atoms with Crippen molar-refractivity contribution in [3.63, 3.8) is 0 Å². The lowest BCUT2D eigenvalue weighted by Gasteiger charge is -2.20. The average Bonchev–Trinajstić information content (AvgIpc) is 2.50. The lowest BCUT2D eigenvalue weighted by molar-refractivity contribution is -0.140. The van der Waals surface area contributed by atoms with Crippen LogP contribution in [0.15, 0.2) is 0 Å². The highest BCUT2D eigenvalue weighted by Gasteiger charge is 2.25. The Kier molecular flexibility index (Phi) is 4.54. The van der Waals surface area contributed by atoms with Crippen LogP contribution >= 0.6 is 0 Å². The van der Waals surface area contributed by atoms with Crippen molar-refractivity contribution >= 4 is 5.97 Å². The summed E-state index contributed by atoms with van der Waals surface area (Å²) >= 11 is 0. The topological polar surface area (TPSA) is 58.6 Å². The monoisotopic (exact) mass is 215 g/mol. The largest absolute Gasteiger partial charge is 0.480 e. The highest BCUT2D eigenvalue weighted by atomic mass is 16.5. The molecular formula is C11H21NO3. The molecule has 0 radical (unpaired) electrons. The first kappa shape index (κ1) is 12.5. The molecule has 1 fully saturated rings. The second-order valence-electron chi connectivity index (χ2n) is 4.61. The molecule has 0 aromatic carbocycles. The van der Waals surface area contributed by atoms with Gasteiger partial charge in [-0.2, -0.15) is 0 Å². The van der Waals surface area contributed by atoms with Gasteiger partial charge in [-0.1, -0.05) is 13.8 Å². The van der Waals surface area contributed by atoms with Crippen LogP contribution in [-0.2, 0) is 9.53 Å². The Balaban J connectivity index is 2.31. The molecule has 4 nitrogen and oxygen atoms in total. The van der Waals surface area contributed by atoms with Crippen LogP contribution in [0, 0.1) is 5.92 Å². The number of carboxylic acid groups (broad SMARTS) is 1. The first-order valence-electron chi connectivity index (χ1n) is 5.62. The van der Waals surface area contributed by atoms with Crippen LogP contribution in [0.2, 0.25) is 0 Å². The van der Waals surface area contributed by atoms with Crippen LogP contribution in [0.3, 0.4) is 0 Å². The number of hydrogen-bond donors (Lipinski definition) is 2. The number of carboxylic acids is 1. The summed E-state index contributed by atoms with van der Waals surface area (Å²) in [6.07, 6.45) is 2.60. The fourth-order valence-electron chi connectivity index (χ4n) is 1.90. The van der Waals surface area contributed by atoms with Crippen molar-refractivity contribution in [3.05, 3.63) is 0 Å². The van der Waals surface area contributed by atoms with Crippen LogP contribution in [0.1, 0.15) is 33.6 Å². The van der Waals surface area contributed by atoms with Crippen LogP contribution in [0.5, 0.6) is 0 Å². The highest BCUT2D eigenvalue weighted by Crippen LogP contribution is 2.18. The molecule has 0 spiro atoms. The molecule has 1 saturated heterocycles. The van der Waals surface area contributed by atoms with E-state index >= 15 is 0 Å². The van der Waals surface area contributed by atoms with E-state index in [4.69, 9.17) is 9.84 Å². The van der Waals surface area contributed by atoms with Crippen molar-refractivity contribution in [3.8, 4) is 0 Å². The Labute approximate surface area is 91.0 Å². The summed E-state index contributed by atoms with van der Waals surface area (Å²) in [5.41, 5.74) is 0. The van der Waals surface area contributed by atoms with Gasteiger partial charge in [0.2, 0.25) is 0 Å². The second-order valence-corrected chi connectivity index (χ2v) is 4.61. The van der Waals surface area contributed by atoms with Gasteiger partial charge in [-0.25, -0.2) is 0 Å². The molecule has 88 valence electrons. The third kappa shape index (κ3) is 3.80. The molecule has 15 heavy (non-hydrogen) atoms. The van der Waals surface area contributed by atoms with Crippen molar-refractivity contribution in [2.75, 3.05) is 6.54 Å². The van der Waals surface area contributed by atoms with Gasteiger partial charge in [0.05, 0.1) is 12.2 Å². The molecule has 3 unspecified atom stereocenters. The van der Waals surface area contributed by atoms with Crippen molar-refractivity contribution in [1.82, 2.24) is 5.32 Å². The van der Waals surface area contributed by atoms with Gasteiger partial charge in [0, 0.05) is 6.54 Å². The quantitative estimate of drug-likeness (QED) is 0.724. The third-order valence-corrected chi connectivity index (χ3v) is 2.82. The van der Waals surface area contributed by atoms with E-state index in [2.05, 4.69) is 12.2 Å². The van der Waals surface area contributed by atoms with E-state index < -0.39 is 12.0 Å². The fourth-order valence-corrected chi connectivity index (χ4v) is 1.90. The molecule has 4 heteroatoms. The maximum atomic E-state index is 10.9. The summed E-state index contributed by atoms with van der Waals surface area (Å²) in [7, 11) is 0. The average molecular weight is 215 g/mol. The lowest BCUT2D eigenvalue weighted by atomic mass is 10.0. The fraction of sp³-hybridized carbons (Fsp3) is 0.909. The van der Waals surface area contributed by atoms with Crippen molar-refractivity contribution in [2.45, 2.75) is 51.9 Å². The van der Waals surface area contributed by atoms with Gasteiger partial charge < -0.3 is 15.2 Å². The van der Waals surface area contributed by atoms with Gasteiger partial charge >= 0.3 is 5.97 Å². The maximum absolute atomic E-state index is 10.9. The predicted molar refractivity (Wildman–Crippen MR) is 57.8 cm³/mol. The molecule has 0 aromatic rings. The van der Waals surface area contributed by atoms with Gasteiger partial charge in [-0.3, -0.25) is 4.79 Å². The molecule has 1 aliphatic rings. The summed E-state index contributed by atoms with van der Waals surface area (Å²) < 4.78 is 5.62. The lowest BCUT2D eigenvalue weighted by Crippen LogP contribution is -2.44. The Morgan fingerprint density at radius 3 is 2.60 bits per heavy atom.